The van der Waals surface area contributed by atoms with E-state index in [1.54, 1.807) is 7.11 Å². The van der Waals surface area contributed by atoms with E-state index in [4.69, 9.17) is 21.1 Å². The minimum Gasteiger partial charge on any atom is -0.478 e. The number of pyridine rings is 1. The average molecular weight is 230 g/mol. The molecular formula is C11H16ClNO2. The minimum atomic E-state index is -0.0422. The van der Waals surface area contributed by atoms with Crippen LogP contribution in [-0.2, 0) is 11.2 Å². The standard InChI is InChI=1S/C11H16ClNO2/c1-3-15-11-6-4-5-10(13-11)7-9(12)8-14-2/h4-6,9H,3,7-8H2,1-2H3. The molecule has 1 aromatic rings. The van der Waals surface area contributed by atoms with Crippen LogP contribution < -0.4 is 4.74 Å². The highest BCUT2D eigenvalue weighted by atomic mass is 35.5. The Morgan fingerprint density at radius 1 is 1.47 bits per heavy atom. The molecule has 0 fully saturated rings. The van der Waals surface area contributed by atoms with E-state index in [1.165, 1.54) is 0 Å². The number of halogens is 1. The Labute approximate surface area is 95.4 Å². The number of ether oxygens (including phenoxy) is 2. The summed E-state index contributed by atoms with van der Waals surface area (Å²) in [5.74, 6) is 0.649. The monoisotopic (exact) mass is 229 g/mol. The van der Waals surface area contributed by atoms with E-state index >= 15 is 0 Å². The average Bonchev–Trinajstić information content (AvgIpc) is 2.19. The zero-order chi connectivity index (χ0) is 11.1. The Bertz CT molecular complexity index is 294. The van der Waals surface area contributed by atoms with Crippen LogP contribution in [0.3, 0.4) is 0 Å². The molecule has 1 atom stereocenters. The molecule has 84 valence electrons. The Hall–Kier alpha value is -0.800. The van der Waals surface area contributed by atoms with Crippen molar-refractivity contribution in [2.24, 2.45) is 0 Å². The fraction of sp³-hybridized carbons (Fsp3) is 0.545. The van der Waals surface area contributed by atoms with Crippen molar-refractivity contribution in [3.63, 3.8) is 0 Å². The smallest absolute Gasteiger partial charge is 0.213 e. The first kappa shape index (κ1) is 12.3. The Morgan fingerprint density at radius 2 is 2.27 bits per heavy atom. The minimum absolute atomic E-state index is 0.0422. The summed E-state index contributed by atoms with van der Waals surface area (Å²) in [5.41, 5.74) is 0.929. The van der Waals surface area contributed by atoms with E-state index in [0.717, 1.165) is 5.69 Å². The molecule has 0 bridgehead atoms. The van der Waals surface area contributed by atoms with Gasteiger partial charge in [-0.15, -0.1) is 11.6 Å². The van der Waals surface area contributed by atoms with Gasteiger partial charge in [-0.1, -0.05) is 6.07 Å². The van der Waals surface area contributed by atoms with Crippen LogP contribution in [0.1, 0.15) is 12.6 Å². The first-order chi connectivity index (χ1) is 7.26. The maximum atomic E-state index is 6.04. The van der Waals surface area contributed by atoms with Crippen LogP contribution in [0.4, 0.5) is 0 Å². The first-order valence-corrected chi connectivity index (χ1v) is 5.41. The summed E-state index contributed by atoms with van der Waals surface area (Å²) < 4.78 is 10.3. The third-order valence-corrected chi connectivity index (χ3v) is 2.13. The van der Waals surface area contributed by atoms with Crippen LogP contribution >= 0.6 is 11.6 Å². The number of methoxy groups -OCH3 is 1. The van der Waals surface area contributed by atoms with Crippen molar-refractivity contribution >= 4 is 11.6 Å². The second-order valence-corrected chi connectivity index (χ2v) is 3.77. The second kappa shape index (κ2) is 6.64. The number of rotatable bonds is 6. The molecule has 1 aromatic heterocycles. The summed E-state index contributed by atoms with van der Waals surface area (Å²) in [6.07, 6.45) is 0.691. The number of alkyl halides is 1. The van der Waals surface area contributed by atoms with Crippen LogP contribution in [0.5, 0.6) is 5.88 Å². The van der Waals surface area contributed by atoms with Gasteiger partial charge in [0.25, 0.3) is 0 Å². The van der Waals surface area contributed by atoms with Crippen molar-refractivity contribution in [2.75, 3.05) is 20.3 Å². The number of aromatic nitrogens is 1. The van der Waals surface area contributed by atoms with Gasteiger partial charge in [0.05, 0.1) is 18.6 Å². The van der Waals surface area contributed by atoms with Crippen LogP contribution in [0.2, 0.25) is 0 Å². The van der Waals surface area contributed by atoms with Gasteiger partial charge < -0.3 is 9.47 Å². The Balaban J connectivity index is 2.56. The molecule has 0 aromatic carbocycles. The van der Waals surface area contributed by atoms with Crippen molar-refractivity contribution in [1.29, 1.82) is 0 Å². The van der Waals surface area contributed by atoms with Crippen LogP contribution in [-0.4, -0.2) is 30.7 Å². The summed E-state index contributed by atoms with van der Waals surface area (Å²) in [4.78, 5) is 4.32. The number of hydrogen-bond donors (Lipinski definition) is 0. The van der Waals surface area contributed by atoms with Crippen molar-refractivity contribution in [2.45, 2.75) is 18.7 Å². The largest absolute Gasteiger partial charge is 0.478 e. The first-order valence-electron chi connectivity index (χ1n) is 4.98. The zero-order valence-corrected chi connectivity index (χ0v) is 9.83. The molecule has 0 saturated carbocycles. The topological polar surface area (TPSA) is 31.4 Å². The lowest BCUT2D eigenvalue weighted by molar-refractivity contribution is 0.197. The fourth-order valence-corrected chi connectivity index (χ4v) is 1.55. The highest BCUT2D eigenvalue weighted by Gasteiger charge is 2.07. The highest BCUT2D eigenvalue weighted by molar-refractivity contribution is 6.20. The Kier molecular flexibility index (Phi) is 5.43. The normalized spacial score (nSPS) is 12.5. The van der Waals surface area contributed by atoms with Gasteiger partial charge in [0.1, 0.15) is 0 Å². The molecule has 1 rings (SSSR count). The van der Waals surface area contributed by atoms with E-state index in [-0.39, 0.29) is 5.38 Å². The molecule has 4 heteroatoms. The third-order valence-electron chi connectivity index (χ3n) is 1.85. The van der Waals surface area contributed by atoms with E-state index in [1.807, 2.05) is 25.1 Å². The van der Waals surface area contributed by atoms with Gasteiger partial charge in [-0.05, 0) is 13.0 Å². The predicted octanol–water partition coefficient (Wildman–Crippen LogP) is 2.28. The van der Waals surface area contributed by atoms with Crippen LogP contribution in [0.25, 0.3) is 0 Å². The molecular weight excluding hydrogens is 214 g/mol. The lowest BCUT2D eigenvalue weighted by Gasteiger charge is -2.08. The zero-order valence-electron chi connectivity index (χ0n) is 9.07. The highest BCUT2D eigenvalue weighted by Crippen LogP contribution is 2.11. The molecule has 15 heavy (non-hydrogen) atoms. The maximum Gasteiger partial charge on any atom is 0.213 e. The van der Waals surface area contributed by atoms with Gasteiger partial charge in [-0.2, -0.15) is 0 Å². The maximum absolute atomic E-state index is 6.04. The molecule has 1 heterocycles. The molecule has 0 aliphatic heterocycles. The fourth-order valence-electron chi connectivity index (χ4n) is 1.27. The quantitative estimate of drug-likeness (QED) is 0.702. The van der Waals surface area contributed by atoms with E-state index in [2.05, 4.69) is 4.98 Å². The SMILES string of the molecule is CCOc1cccc(CC(Cl)COC)n1. The molecule has 0 aliphatic carbocycles. The molecule has 0 radical (unpaired) electrons. The molecule has 3 nitrogen and oxygen atoms in total. The van der Waals surface area contributed by atoms with Gasteiger partial charge >= 0.3 is 0 Å². The van der Waals surface area contributed by atoms with Gasteiger partial charge in [0.15, 0.2) is 0 Å². The summed E-state index contributed by atoms with van der Waals surface area (Å²) in [6, 6.07) is 5.70. The molecule has 0 amide bonds. The van der Waals surface area contributed by atoms with Crippen molar-refractivity contribution in [3.05, 3.63) is 23.9 Å². The molecule has 0 saturated heterocycles. The molecule has 0 spiro atoms. The van der Waals surface area contributed by atoms with Crippen molar-refractivity contribution in [1.82, 2.24) is 4.98 Å². The summed E-state index contributed by atoms with van der Waals surface area (Å²) in [6.45, 7) is 3.09. The number of hydrogen-bond acceptors (Lipinski definition) is 3. The van der Waals surface area contributed by atoms with E-state index in [0.29, 0.717) is 25.5 Å². The van der Waals surface area contributed by atoms with E-state index in [9.17, 15) is 0 Å². The Morgan fingerprint density at radius 3 is 2.93 bits per heavy atom. The molecule has 0 aliphatic rings. The van der Waals surface area contributed by atoms with Gasteiger partial charge in [-0.3, -0.25) is 0 Å². The summed E-state index contributed by atoms with van der Waals surface area (Å²) in [5, 5.41) is -0.0422. The third kappa shape index (κ3) is 4.49. The van der Waals surface area contributed by atoms with Gasteiger partial charge in [0.2, 0.25) is 5.88 Å². The lowest BCUT2D eigenvalue weighted by atomic mass is 10.2. The van der Waals surface area contributed by atoms with Gasteiger partial charge in [0, 0.05) is 25.3 Å². The predicted molar refractivity (Wildman–Crippen MR) is 60.6 cm³/mol. The lowest BCUT2D eigenvalue weighted by Crippen LogP contribution is -2.11. The molecule has 1 unspecified atom stereocenters. The van der Waals surface area contributed by atoms with Crippen molar-refractivity contribution < 1.29 is 9.47 Å². The second-order valence-electron chi connectivity index (χ2n) is 3.16. The molecule has 0 N–H and O–H groups in total. The van der Waals surface area contributed by atoms with Crippen molar-refractivity contribution in [3.8, 4) is 5.88 Å². The van der Waals surface area contributed by atoms with Crippen LogP contribution in [0.15, 0.2) is 18.2 Å². The summed E-state index contributed by atoms with van der Waals surface area (Å²) >= 11 is 6.04. The van der Waals surface area contributed by atoms with Crippen LogP contribution in [0, 0.1) is 0 Å². The van der Waals surface area contributed by atoms with E-state index < -0.39 is 0 Å². The number of nitrogens with zero attached hydrogens (tertiary/aromatic N) is 1. The summed E-state index contributed by atoms with van der Waals surface area (Å²) in [7, 11) is 1.64. The van der Waals surface area contributed by atoms with Gasteiger partial charge in [-0.25, -0.2) is 4.98 Å².